The largest absolute Gasteiger partial charge is 0.294 e. The normalized spacial score (nSPS) is 14.3. The number of hydrogen-bond donors (Lipinski definition) is 0. The molecule has 0 bridgehead atoms. The third-order valence-corrected chi connectivity index (χ3v) is 5.79. The van der Waals surface area contributed by atoms with Gasteiger partial charge < -0.3 is 0 Å². The van der Waals surface area contributed by atoms with E-state index in [1.807, 2.05) is 61.4 Å². The van der Waals surface area contributed by atoms with Crippen molar-refractivity contribution in [1.29, 1.82) is 0 Å². The monoisotopic (exact) mass is 381 g/mol. The Balaban J connectivity index is 1.61. The maximum absolute atomic E-state index is 13.1. The molecule has 0 spiro atoms. The second-order valence-electron chi connectivity index (χ2n) is 6.83. The summed E-state index contributed by atoms with van der Waals surface area (Å²) in [6, 6.07) is 9.79. The predicted molar refractivity (Wildman–Crippen MR) is 107 cm³/mol. The summed E-state index contributed by atoms with van der Waals surface area (Å²) in [6.07, 6.45) is 4.82. The number of para-hydroxylation sites is 1. The van der Waals surface area contributed by atoms with E-state index in [0.29, 0.717) is 6.54 Å². The van der Waals surface area contributed by atoms with Gasteiger partial charge in [-0.25, -0.2) is 14.6 Å². The van der Waals surface area contributed by atoms with Crippen LogP contribution in [0, 0.1) is 6.92 Å². The number of aromatic nitrogens is 4. The van der Waals surface area contributed by atoms with Crippen molar-refractivity contribution in [3.63, 3.8) is 0 Å². The number of hydrogen-bond acceptors (Lipinski definition) is 5. The minimum Gasteiger partial charge on any atom is -0.294 e. The minimum absolute atomic E-state index is 0.0565. The fraction of sp³-hybridized carbons (Fsp3) is 0.350. The summed E-state index contributed by atoms with van der Waals surface area (Å²) in [5, 5.41) is 0.826. The Kier molecular flexibility index (Phi) is 4.88. The lowest BCUT2D eigenvalue weighted by molar-refractivity contribution is 0.241. The van der Waals surface area contributed by atoms with Crippen LogP contribution in [-0.2, 0) is 26.6 Å². The number of thioether (sulfide) groups is 1. The molecule has 1 aromatic carbocycles. The maximum atomic E-state index is 13.1. The molecule has 0 saturated heterocycles. The predicted octanol–water partition coefficient (Wildman–Crippen LogP) is 2.55. The van der Waals surface area contributed by atoms with E-state index in [4.69, 9.17) is 0 Å². The highest BCUT2D eigenvalue weighted by Crippen LogP contribution is 2.21. The second kappa shape index (κ2) is 7.32. The van der Waals surface area contributed by atoms with Gasteiger partial charge in [0.2, 0.25) is 0 Å². The van der Waals surface area contributed by atoms with Gasteiger partial charge in [-0.05, 0) is 25.3 Å². The van der Waals surface area contributed by atoms with Gasteiger partial charge in [0.05, 0.1) is 16.9 Å². The third-order valence-electron chi connectivity index (χ3n) is 5.23. The lowest BCUT2D eigenvalue weighted by atomic mass is 10.1. The first-order valence-corrected chi connectivity index (χ1v) is 10.2. The molecule has 7 heteroatoms. The first-order valence-electron chi connectivity index (χ1n) is 9.02. The summed E-state index contributed by atoms with van der Waals surface area (Å²) in [6.45, 7) is 4.34. The van der Waals surface area contributed by atoms with Crippen LogP contribution in [-0.4, -0.2) is 37.0 Å². The highest BCUT2D eigenvalue weighted by atomic mass is 32.2. The van der Waals surface area contributed by atoms with Crippen molar-refractivity contribution in [3.05, 3.63) is 69.4 Å². The topological polar surface area (TPSA) is 56.0 Å². The van der Waals surface area contributed by atoms with Gasteiger partial charge >= 0.3 is 0 Å². The molecule has 0 fully saturated rings. The average Bonchev–Trinajstić information content (AvgIpc) is 2.91. The molecule has 4 rings (SSSR count). The third kappa shape index (κ3) is 3.33. The van der Waals surface area contributed by atoms with E-state index in [-0.39, 0.29) is 5.56 Å². The average molecular weight is 382 g/mol. The van der Waals surface area contributed by atoms with Crippen LogP contribution in [0.4, 0.5) is 0 Å². The molecule has 0 radical (unpaired) electrons. The van der Waals surface area contributed by atoms with Crippen LogP contribution in [0.5, 0.6) is 0 Å². The SMILES string of the molecule is CSc1ncc2c(n1)CCN(Cc1c(C)n(C)n(-c3ccccc3)c1=O)C2. The molecule has 0 N–H and O–H groups in total. The van der Waals surface area contributed by atoms with E-state index in [9.17, 15) is 4.79 Å². The molecule has 1 aliphatic rings. The molecule has 6 nitrogen and oxygen atoms in total. The molecule has 0 saturated carbocycles. The zero-order chi connectivity index (χ0) is 19.0. The number of nitrogens with zero attached hydrogens (tertiary/aromatic N) is 5. The molecule has 1 aliphatic heterocycles. The summed E-state index contributed by atoms with van der Waals surface area (Å²) in [4.78, 5) is 24.4. The zero-order valence-corrected chi connectivity index (χ0v) is 16.7. The quantitative estimate of drug-likeness (QED) is 0.514. The Hall–Kier alpha value is -2.38. The first kappa shape index (κ1) is 18.0. The van der Waals surface area contributed by atoms with Crippen LogP contribution in [0.2, 0.25) is 0 Å². The maximum Gasteiger partial charge on any atom is 0.276 e. The van der Waals surface area contributed by atoms with Gasteiger partial charge in [-0.15, -0.1) is 0 Å². The van der Waals surface area contributed by atoms with Gasteiger partial charge in [0.1, 0.15) is 0 Å². The van der Waals surface area contributed by atoms with Gasteiger partial charge in [-0.2, -0.15) is 0 Å². The molecule has 0 aliphatic carbocycles. The molecule has 0 unspecified atom stereocenters. The molecule has 3 heterocycles. The van der Waals surface area contributed by atoms with Crippen molar-refractivity contribution < 1.29 is 0 Å². The molecule has 2 aromatic heterocycles. The van der Waals surface area contributed by atoms with E-state index in [1.165, 1.54) is 0 Å². The Morgan fingerprint density at radius 3 is 2.74 bits per heavy atom. The Morgan fingerprint density at radius 2 is 2.00 bits per heavy atom. The molecule has 140 valence electrons. The lowest BCUT2D eigenvalue weighted by Crippen LogP contribution is -2.33. The van der Waals surface area contributed by atoms with Crippen LogP contribution in [0.15, 0.2) is 46.5 Å². The Bertz CT molecular complexity index is 1020. The summed E-state index contributed by atoms with van der Waals surface area (Å²) in [7, 11) is 1.94. The van der Waals surface area contributed by atoms with Gasteiger partial charge in [0.15, 0.2) is 5.16 Å². The van der Waals surface area contributed by atoms with E-state index in [0.717, 1.165) is 52.9 Å². The highest BCUT2D eigenvalue weighted by Gasteiger charge is 2.23. The van der Waals surface area contributed by atoms with Crippen molar-refractivity contribution in [2.75, 3.05) is 12.8 Å². The molecule has 3 aromatic rings. The number of fused-ring (bicyclic) bond motifs is 1. The molecule has 27 heavy (non-hydrogen) atoms. The first-order chi connectivity index (χ1) is 13.1. The second-order valence-corrected chi connectivity index (χ2v) is 7.60. The Labute approximate surface area is 162 Å². The molecular formula is C20H23N5OS. The number of rotatable bonds is 4. The van der Waals surface area contributed by atoms with Crippen LogP contribution >= 0.6 is 11.8 Å². The molecule has 0 atom stereocenters. The zero-order valence-electron chi connectivity index (χ0n) is 15.8. The van der Waals surface area contributed by atoms with Gasteiger partial charge in [0, 0.05) is 50.6 Å². The summed E-state index contributed by atoms with van der Waals surface area (Å²) in [5.41, 5.74) is 5.10. The van der Waals surface area contributed by atoms with Crippen LogP contribution in [0.1, 0.15) is 22.5 Å². The fourth-order valence-electron chi connectivity index (χ4n) is 3.62. The van der Waals surface area contributed by atoms with Crippen LogP contribution < -0.4 is 5.56 Å². The van der Waals surface area contributed by atoms with E-state index < -0.39 is 0 Å². The molecular weight excluding hydrogens is 358 g/mol. The van der Waals surface area contributed by atoms with Crippen molar-refractivity contribution in [1.82, 2.24) is 24.2 Å². The molecule has 0 amide bonds. The standard InChI is InChI=1S/C20H23N5OS/c1-14-17(19(26)25(23(14)2)16-7-5-4-6-8-16)13-24-10-9-18-15(12-24)11-21-20(22-18)27-3/h4-8,11H,9-10,12-13H2,1-3H3. The van der Waals surface area contributed by atoms with Gasteiger partial charge in [-0.3, -0.25) is 14.4 Å². The van der Waals surface area contributed by atoms with Gasteiger partial charge in [-0.1, -0.05) is 30.0 Å². The van der Waals surface area contributed by atoms with Crippen molar-refractivity contribution in [3.8, 4) is 5.69 Å². The lowest BCUT2D eigenvalue weighted by Gasteiger charge is -2.27. The van der Waals surface area contributed by atoms with Crippen molar-refractivity contribution in [2.45, 2.75) is 31.6 Å². The van der Waals surface area contributed by atoms with E-state index in [1.54, 1.807) is 16.4 Å². The highest BCUT2D eigenvalue weighted by molar-refractivity contribution is 7.98. The van der Waals surface area contributed by atoms with Gasteiger partial charge in [0.25, 0.3) is 5.56 Å². The summed E-state index contributed by atoms with van der Waals surface area (Å²) in [5.74, 6) is 0. The fourth-order valence-corrected chi connectivity index (χ4v) is 3.98. The van der Waals surface area contributed by atoms with E-state index >= 15 is 0 Å². The number of benzene rings is 1. The van der Waals surface area contributed by atoms with Crippen LogP contribution in [0.25, 0.3) is 5.69 Å². The van der Waals surface area contributed by atoms with Crippen LogP contribution in [0.3, 0.4) is 0 Å². The van der Waals surface area contributed by atoms with E-state index in [2.05, 4.69) is 14.9 Å². The summed E-state index contributed by atoms with van der Waals surface area (Å²) < 4.78 is 3.69. The van der Waals surface area contributed by atoms with Crippen molar-refractivity contribution >= 4 is 11.8 Å². The minimum atomic E-state index is 0.0565. The Morgan fingerprint density at radius 1 is 1.22 bits per heavy atom. The summed E-state index contributed by atoms with van der Waals surface area (Å²) >= 11 is 1.57. The van der Waals surface area contributed by atoms with Crippen molar-refractivity contribution in [2.24, 2.45) is 7.05 Å². The smallest absolute Gasteiger partial charge is 0.276 e.